The van der Waals surface area contributed by atoms with Gasteiger partial charge in [0, 0.05) is 22.7 Å². The summed E-state index contributed by atoms with van der Waals surface area (Å²) in [7, 11) is 0. The van der Waals surface area contributed by atoms with Crippen LogP contribution in [0.4, 0.5) is 0 Å². The molecule has 31 heavy (non-hydrogen) atoms. The van der Waals surface area contributed by atoms with Gasteiger partial charge in [0.1, 0.15) is 11.4 Å². The van der Waals surface area contributed by atoms with Crippen LogP contribution < -0.4 is 4.74 Å². The normalized spacial score (nSPS) is 17.9. The van der Waals surface area contributed by atoms with Crippen LogP contribution in [0.15, 0.2) is 65.3 Å². The van der Waals surface area contributed by atoms with Crippen LogP contribution in [0.5, 0.6) is 5.75 Å². The number of aromatic nitrogens is 1. The number of halogens is 1. The van der Waals surface area contributed by atoms with E-state index in [2.05, 4.69) is 99.9 Å². The van der Waals surface area contributed by atoms with Crippen molar-refractivity contribution in [2.45, 2.75) is 58.8 Å². The quantitative estimate of drug-likeness (QED) is 0.374. The third kappa shape index (κ3) is 3.61. The molecule has 0 radical (unpaired) electrons. The van der Waals surface area contributed by atoms with Crippen LogP contribution in [0.25, 0.3) is 11.3 Å². The molecule has 1 heterocycles. The summed E-state index contributed by atoms with van der Waals surface area (Å²) < 4.78 is 7.16. The third-order valence-corrected chi connectivity index (χ3v) is 8.51. The highest BCUT2D eigenvalue weighted by molar-refractivity contribution is 9.10. The van der Waals surface area contributed by atoms with Crippen LogP contribution in [-0.4, -0.2) is 11.6 Å². The Morgan fingerprint density at radius 1 is 0.839 bits per heavy atom. The lowest BCUT2D eigenvalue weighted by Gasteiger charge is -2.44. The first-order valence-electron chi connectivity index (χ1n) is 11.0. The highest BCUT2D eigenvalue weighted by Gasteiger charge is 2.56. The summed E-state index contributed by atoms with van der Waals surface area (Å²) in [5.74, 6) is 0.819. The monoisotopic (exact) mass is 477 g/mol. The molecule has 0 saturated heterocycles. The molecule has 2 nitrogen and oxygen atoms in total. The Morgan fingerprint density at radius 2 is 1.52 bits per heavy atom. The molecule has 0 unspecified atom stereocenters. The van der Waals surface area contributed by atoms with E-state index in [-0.39, 0.29) is 16.2 Å². The summed E-state index contributed by atoms with van der Waals surface area (Å²) in [4.78, 5) is 4.75. The molecule has 1 aliphatic rings. The fourth-order valence-corrected chi connectivity index (χ4v) is 5.19. The van der Waals surface area contributed by atoms with Gasteiger partial charge in [-0.25, -0.2) is 0 Å². The number of pyridine rings is 1. The smallest absolute Gasteiger partial charge is 0.146 e. The molecule has 2 aromatic carbocycles. The summed E-state index contributed by atoms with van der Waals surface area (Å²) in [6, 6.07) is 19.3. The SMILES string of the molecule is CC1(C)c2ccc(-c3ncc(Br)cc3OCCc3ccccc3)cc2C(C)(C)C1(C)C. The highest BCUT2D eigenvalue weighted by atomic mass is 79.9. The standard InChI is InChI=1S/C28H32BrNO/c1-26(2)22-13-12-20(16-23(22)27(3,4)28(26,5)6)25-24(17-21(29)18-30-25)31-15-14-19-10-8-7-9-11-19/h7-13,16-18H,14-15H2,1-6H3. The van der Waals surface area contributed by atoms with Gasteiger partial charge >= 0.3 is 0 Å². The second-order valence-electron chi connectivity index (χ2n) is 10.2. The van der Waals surface area contributed by atoms with Gasteiger partial charge < -0.3 is 4.74 Å². The molecule has 3 heteroatoms. The molecular weight excluding hydrogens is 446 g/mol. The van der Waals surface area contributed by atoms with E-state index in [4.69, 9.17) is 9.72 Å². The minimum atomic E-state index is 0.0610. The maximum Gasteiger partial charge on any atom is 0.146 e. The molecular formula is C28H32BrNO. The number of benzene rings is 2. The molecule has 0 spiro atoms. The number of ether oxygens (including phenoxy) is 1. The molecule has 0 fully saturated rings. The van der Waals surface area contributed by atoms with Gasteiger partial charge in [0.25, 0.3) is 0 Å². The molecule has 0 aliphatic heterocycles. The van der Waals surface area contributed by atoms with Crippen LogP contribution in [0, 0.1) is 5.41 Å². The van der Waals surface area contributed by atoms with E-state index in [1.807, 2.05) is 18.3 Å². The summed E-state index contributed by atoms with van der Waals surface area (Å²) in [6.45, 7) is 14.9. The first kappa shape index (κ1) is 22.1. The maximum absolute atomic E-state index is 6.24. The average molecular weight is 478 g/mol. The molecule has 0 atom stereocenters. The lowest BCUT2D eigenvalue weighted by Crippen LogP contribution is -2.42. The van der Waals surface area contributed by atoms with Gasteiger partial charge in [-0.1, -0.05) is 84.0 Å². The van der Waals surface area contributed by atoms with Crippen LogP contribution in [0.1, 0.15) is 58.2 Å². The summed E-state index contributed by atoms with van der Waals surface area (Å²) in [5, 5.41) is 0. The number of fused-ring (bicyclic) bond motifs is 1. The van der Waals surface area contributed by atoms with Crippen molar-refractivity contribution in [2.24, 2.45) is 5.41 Å². The zero-order valence-corrected chi connectivity index (χ0v) is 21.0. The van der Waals surface area contributed by atoms with E-state index < -0.39 is 0 Å². The van der Waals surface area contributed by atoms with Crippen LogP contribution in [-0.2, 0) is 17.3 Å². The van der Waals surface area contributed by atoms with E-state index in [0.717, 1.165) is 27.9 Å². The van der Waals surface area contributed by atoms with E-state index >= 15 is 0 Å². The van der Waals surface area contributed by atoms with Crippen LogP contribution in [0.2, 0.25) is 0 Å². The molecule has 1 aliphatic carbocycles. The first-order valence-corrected chi connectivity index (χ1v) is 11.8. The largest absolute Gasteiger partial charge is 0.491 e. The lowest BCUT2D eigenvalue weighted by atomic mass is 9.59. The molecule has 0 saturated carbocycles. The van der Waals surface area contributed by atoms with Gasteiger partial charge in [0.05, 0.1) is 6.61 Å². The van der Waals surface area contributed by atoms with Crippen molar-refractivity contribution < 1.29 is 4.74 Å². The zero-order valence-electron chi connectivity index (χ0n) is 19.4. The van der Waals surface area contributed by atoms with Crippen molar-refractivity contribution in [2.75, 3.05) is 6.61 Å². The molecule has 3 aromatic rings. The average Bonchev–Trinajstić information content (AvgIpc) is 2.83. The van der Waals surface area contributed by atoms with Crippen LogP contribution >= 0.6 is 15.9 Å². The van der Waals surface area contributed by atoms with Crippen molar-refractivity contribution in [1.82, 2.24) is 4.98 Å². The second kappa shape index (κ2) is 7.78. The zero-order chi connectivity index (χ0) is 22.4. The predicted octanol–water partition coefficient (Wildman–Crippen LogP) is 7.73. The predicted molar refractivity (Wildman–Crippen MR) is 133 cm³/mol. The van der Waals surface area contributed by atoms with Gasteiger partial charge in [0.2, 0.25) is 0 Å². The molecule has 0 N–H and O–H groups in total. The topological polar surface area (TPSA) is 22.1 Å². The maximum atomic E-state index is 6.24. The molecule has 0 amide bonds. The van der Waals surface area contributed by atoms with Crippen molar-refractivity contribution in [3.8, 4) is 17.0 Å². The van der Waals surface area contributed by atoms with Gasteiger partial charge in [0.15, 0.2) is 0 Å². The molecule has 162 valence electrons. The van der Waals surface area contributed by atoms with Crippen molar-refractivity contribution in [3.63, 3.8) is 0 Å². The Kier molecular flexibility index (Phi) is 5.54. The Morgan fingerprint density at radius 3 is 2.23 bits per heavy atom. The molecule has 4 rings (SSSR count). The third-order valence-electron chi connectivity index (χ3n) is 8.08. The number of hydrogen-bond donors (Lipinski definition) is 0. The van der Waals surface area contributed by atoms with Crippen molar-refractivity contribution in [3.05, 3.63) is 82.0 Å². The Balaban J connectivity index is 1.68. The minimum Gasteiger partial charge on any atom is -0.491 e. The lowest BCUT2D eigenvalue weighted by molar-refractivity contribution is 0.125. The molecule has 1 aromatic heterocycles. The number of nitrogens with zero attached hydrogens (tertiary/aromatic N) is 1. The molecule has 0 bridgehead atoms. The Hall–Kier alpha value is -2.13. The highest BCUT2D eigenvalue weighted by Crippen LogP contribution is 2.61. The van der Waals surface area contributed by atoms with Crippen LogP contribution in [0.3, 0.4) is 0 Å². The number of rotatable bonds is 5. The van der Waals surface area contributed by atoms with E-state index in [9.17, 15) is 0 Å². The van der Waals surface area contributed by atoms with Gasteiger partial charge in [-0.2, -0.15) is 0 Å². The van der Waals surface area contributed by atoms with Gasteiger partial charge in [-0.05, 0) is 61.0 Å². The van der Waals surface area contributed by atoms with E-state index in [1.165, 1.54) is 16.7 Å². The summed E-state index contributed by atoms with van der Waals surface area (Å²) >= 11 is 3.56. The Bertz CT molecular complexity index is 1100. The summed E-state index contributed by atoms with van der Waals surface area (Å²) in [6.07, 6.45) is 2.72. The second-order valence-corrected chi connectivity index (χ2v) is 11.1. The Labute approximate surface area is 195 Å². The van der Waals surface area contributed by atoms with Gasteiger partial charge in [-0.3, -0.25) is 4.98 Å². The van der Waals surface area contributed by atoms with Gasteiger partial charge in [-0.15, -0.1) is 0 Å². The first-order chi connectivity index (χ1) is 14.6. The van der Waals surface area contributed by atoms with Crippen molar-refractivity contribution >= 4 is 15.9 Å². The fraction of sp³-hybridized carbons (Fsp3) is 0.393. The van der Waals surface area contributed by atoms with E-state index in [1.54, 1.807) is 0 Å². The number of hydrogen-bond acceptors (Lipinski definition) is 2. The minimum absolute atomic E-state index is 0.0610. The van der Waals surface area contributed by atoms with E-state index in [0.29, 0.717) is 6.61 Å². The van der Waals surface area contributed by atoms with Crippen molar-refractivity contribution in [1.29, 1.82) is 0 Å². The fourth-order valence-electron chi connectivity index (χ4n) is 4.88. The summed E-state index contributed by atoms with van der Waals surface area (Å²) in [5.41, 5.74) is 6.45.